The molecule has 4 heteroatoms. The van der Waals surface area contributed by atoms with Gasteiger partial charge in [0, 0.05) is 60.3 Å². The number of aromatic amines is 3. The van der Waals surface area contributed by atoms with Gasteiger partial charge in [0.25, 0.3) is 0 Å². The zero-order valence-corrected chi connectivity index (χ0v) is 21.7. The lowest BCUT2D eigenvalue weighted by atomic mass is 9.86. The lowest BCUT2D eigenvalue weighted by Crippen LogP contribution is -2.41. The molecule has 0 radical (unpaired) electrons. The Morgan fingerprint density at radius 2 is 1.26 bits per heavy atom. The van der Waals surface area contributed by atoms with Crippen molar-refractivity contribution >= 4 is 45.1 Å². The van der Waals surface area contributed by atoms with E-state index in [-0.39, 0.29) is 0 Å². The molecule has 2 aromatic carbocycles. The quantitative estimate of drug-likeness (QED) is 0.252. The minimum atomic E-state index is 0.308. The molecule has 0 spiro atoms. The first-order valence-corrected chi connectivity index (χ1v) is 14.0. The van der Waals surface area contributed by atoms with Gasteiger partial charge in [0.1, 0.15) is 0 Å². The van der Waals surface area contributed by atoms with Gasteiger partial charge in [-0.15, -0.1) is 0 Å². The summed E-state index contributed by atoms with van der Waals surface area (Å²) in [6, 6.07) is 18.2. The fourth-order valence-electron chi connectivity index (χ4n) is 7.68. The van der Waals surface area contributed by atoms with Crippen molar-refractivity contribution in [2.75, 3.05) is 0 Å². The van der Waals surface area contributed by atoms with Gasteiger partial charge in [0.2, 0.25) is 0 Å². The number of hydrogen-bond donors (Lipinski definition) is 4. The predicted molar refractivity (Wildman–Crippen MR) is 157 cm³/mol. The maximum atomic E-state index is 4.03. The number of nitrogens with one attached hydrogen (secondary N) is 4. The monoisotopic (exact) mass is 494 g/mol. The molecule has 9 rings (SSSR count). The van der Waals surface area contributed by atoms with Crippen LogP contribution in [-0.4, -0.2) is 21.0 Å². The van der Waals surface area contributed by atoms with Crippen LogP contribution in [0.25, 0.3) is 67.6 Å². The van der Waals surface area contributed by atoms with E-state index < -0.39 is 0 Å². The van der Waals surface area contributed by atoms with Crippen LogP contribution in [0.15, 0.2) is 60.3 Å². The van der Waals surface area contributed by atoms with Gasteiger partial charge >= 0.3 is 0 Å². The first kappa shape index (κ1) is 20.8. The summed E-state index contributed by atoms with van der Waals surface area (Å²) in [7, 11) is 0. The number of rotatable bonds is 0. The number of aromatic nitrogens is 3. The standard InChI is InChI=1S/C34H30N4/c1-17-9-11-21-19-5-3-7-23-25-13-14-26(35-25)24-8-4-6-20-22-12-10-18(2)30(34(22)38-32(20)24)28-16-15-27(36-28)29(17)33(21)37-31(19)23/h3-8,11-15,17-18,28,35-38H,9-10,16H2,1-2H3. The minimum Gasteiger partial charge on any atom is -0.378 e. The van der Waals surface area contributed by atoms with Gasteiger partial charge in [0.05, 0.1) is 22.4 Å². The molecule has 3 aromatic heterocycles. The molecule has 0 fully saturated rings. The first-order chi connectivity index (χ1) is 18.7. The van der Waals surface area contributed by atoms with Crippen LogP contribution in [0.4, 0.5) is 0 Å². The summed E-state index contributed by atoms with van der Waals surface area (Å²) in [5.41, 5.74) is 11.4. The molecule has 4 nitrogen and oxygen atoms in total. The second-order valence-electron chi connectivity index (χ2n) is 11.7. The van der Waals surface area contributed by atoms with E-state index in [9.17, 15) is 0 Å². The Kier molecular flexibility index (Phi) is 3.96. The molecule has 4 N–H and O–H groups in total. The fourth-order valence-corrected chi connectivity index (χ4v) is 7.68. The Morgan fingerprint density at radius 1 is 0.632 bits per heavy atom. The molecule has 5 heterocycles. The molecule has 2 aliphatic carbocycles. The number of fused-ring (bicyclic) bond motifs is 10. The number of benzene rings is 2. The predicted octanol–water partition coefficient (Wildman–Crippen LogP) is 4.51. The zero-order chi connectivity index (χ0) is 25.1. The van der Waals surface area contributed by atoms with E-state index in [2.05, 4.69) is 101 Å². The van der Waals surface area contributed by atoms with Gasteiger partial charge < -0.3 is 20.3 Å². The molecule has 0 amide bonds. The van der Waals surface area contributed by atoms with Crippen molar-refractivity contribution < 1.29 is 0 Å². The number of para-hydroxylation sites is 2. The van der Waals surface area contributed by atoms with Crippen molar-refractivity contribution in [2.45, 2.75) is 39.2 Å². The van der Waals surface area contributed by atoms with Crippen molar-refractivity contribution in [3.8, 4) is 22.5 Å². The van der Waals surface area contributed by atoms with Crippen molar-refractivity contribution in [1.29, 1.82) is 0 Å². The van der Waals surface area contributed by atoms with Crippen LogP contribution >= 0.6 is 0 Å². The second-order valence-corrected chi connectivity index (χ2v) is 11.7. The molecule has 8 bridgehead atoms. The van der Waals surface area contributed by atoms with Gasteiger partial charge in [-0.05, 0) is 48.8 Å². The molecule has 5 aromatic rings. The summed E-state index contributed by atoms with van der Waals surface area (Å²) in [6.07, 6.45) is 10.5. The van der Waals surface area contributed by atoms with E-state index in [1.807, 2.05) is 0 Å². The third kappa shape index (κ3) is 2.60. The smallest absolute Gasteiger partial charge is 0.0559 e. The van der Waals surface area contributed by atoms with Crippen LogP contribution in [0.3, 0.4) is 0 Å². The van der Waals surface area contributed by atoms with Crippen LogP contribution < -0.4 is 26.5 Å². The van der Waals surface area contributed by atoms with Crippen molar-refractivity contribution in [1.82, 2.24) is 20.3 Å². The van der Waals surface area contributed by atoms with Gasteiger partial charge in [0.15, 0.2) is 0 Å². The Balaban J connectivity index is 1.44. The van der Waals surface area contributed by atoms with Gasteiger partial charge in [-0.1, -0.05) is 68.5 Å². The topological polar surface area (TPSA) is 59.4 Å². The summed E-state index contributed by atoms with van der Waals surface area (Å²) in [5.74, 6) is 0.953. The van der Waals surface area contributed by atoms with Crippen LogP contribution in [0.5, 0.6) is 0 Å². The summed E-state index contributed by atoms with van der Waals surface area (Å²) in [6.45, 7) is 4.76. The van der Waals surface area contributed by atoms with Gasteiger partial charge in [-0.2, -0.15) is 0 Å². The Bertz CT molecular complexity index is 2130. The zero-order valence-electron chi connectivity index (χ0n) is 21.7. The normalized spacial score (nSPS) is 23.1. The minimum absolute atomic E-state index is 0.308. The molecule has 4 aliphatic rings. The number of allylic oxidation sites excluding steroid dienone is 1. The Morgan fingerprint density at radius 3 is 1.97 bits per heavy atom. The molecule has 186 valence electrons. The highest BCUT2D eigenvalue weighted by Crippen LogP contribution is 2.35. The summed E-state index contributed by atoms with van der Waals surface area (Å²) in [4.78, 5) is 11.6. The third-order valence-electron chi connectivity index (χ3n) is 9.50. The lowest BCUT2D eigenvalue weighted by Gasteiger charge is -2.26. The third-order valence-corrected chi connectivity index (χ3v) is 9.50. The van der Waals surface area contributed by atoms with E-state index in [1.54, 1.807) is 0 Å². The van der Waals surface area contributed by atoms with Crippen molar-refractivity contribution in [2.24, 2.45) is 11.8 Å². The fraction of sp³-hybridized carbons (Fsp3) is 0.235. The van der Waals surface area contributed by atoms with Crippen LogP contribution in [0.1, 0.15) is 33.1 Å². The highest BCUT2D eigenvalue weighted by molar-refractivity contribution is 5.98. The molecule has 38 heavy (non-hydrogen) atoms. The van der Waals surface area contributed by atoms with Gasteiger partial charge in [-0.3, -0.25) is 0 Å². The Labute approximate surface area is 220 Å². The van der Waals surface area contributed by atoms with E-state index in [4.69, 9.17) is 0 Å². The summed E-state index contributed by atoms with van der Waals surface area (Å²) in [5, 5.41) is 12.0. The lowest BCUT2D eigenvalue weighted by molar-refractivity contribution is 0.646. The SMILES string of the molecule is CC1CC=c2c3[nH]c4c(cccc24)-c2ccc([nH]2)-c2cccc4c5c([nH]c24)=C(C(C)CC=5)C2CC=C(N2)C=31. The average molecular weight is 495 g/mol. The molecular formula is C34H30N4. The van der Waals surface area contributed by atoms with E-state index in [0.717, 1.165) is 30.7 Å². The highest BCUT2D eigenvalue weighted by Gasteiger charge is 2.31. The van der Waals surface area contributed by atoms with Crippen LogP contribution in [0.2, 0.25) is 0 Å². The summed E-state index contributed by atoms with van der Waals surface area (Å²) < 4.78 is 0. The largest absolute Gasteiger partial charge is 0.378 e. The number of hydrogen-bond acceptors (Lipinski definition) is 1. The first-order valence-electron chi connectivity index (χ1n) is 14.0. The molecule has 3 atom stereocenters. The van der Waals surface area contributed by atoms with Crippen LogP contribution in [0, 0.1) is 11.8 Å². The van der Waals surface area contributed by atoms with Gasteiger partial charge in [-0.25, -0.2) is 0 Å². The summed E-state index contributed by atoms with van der Waals surface area (Å²) >= 11 is 0. The second kappa shape index (κ2) is 7.22. The average Bonchev–Trinajstić information content (AvgIpc) is 3.71. The molecule has 0 saturated heterocycles. The van der Waals surface area contributed by atoms with Crippen molar-refractivity contribution in [3.63, 3.8) is 0 Å². The Hall–Kier alpha value is -4.18. The van der Waals surface area contributed by atoms with E-state index in [1.165, 1.54) is 70.9 Å². The maximum absolute atomic E-state index is 4.03. The molecular weight excluding hydrogens is 464 g/mol. The maximum Gasteiger partial charge on any atom is 0.0559 e. The van der Waals surface area contributed by atoms with E-state index >= 15 is 0 Å². The molecule has 2 aliphatic heterocycles. The number of H-pyrrole nitrogens is 3. The van der Waals surface area contributed by atoms with Crippen molar-refractivity contribution in [3.05, 3.63) is 81.4 Å². The van der Waals surface area contributed by atoms with E-state index in [0.29, 0.717) is 17.9 Å². The molecule has 3 unspecified atom stereocenters. The molecule has 0 saturated carbocycles. The highest BCUT2D eigenvalue weighted by atomic mass is 15.0. The van der Waals surface area contributed by atoms with Crippen LogP contribution in [-0.2, 0) is 0 Å².